The fourth-order valence-corrected chi connectivity index (χ4v) is 1.06. The van der Waals surface area contributed by atoms with Crippen molar-refractivity contribution in [3.05, 3.63) is 29.1 Å². The molecule has 2 nitrogen and oxygen atoms in total. The van der Waals surface area contributed by atoms with Crippen molar-refractivity contribution in [2.24, 2.45) is 0 Å². The van der Waals surface area contributed by atoms with Gasteiger partial charge in [0.05, 0.1) is 18.2 Å². The molecule has 0 spiro atoms. The Bertz CT molecular complexity index is 384. The van der Waals surface area contributed by atoms with Gasteiger partial charge in [-0.15, -0.1) is 0 Å². The van der Waals surface area contributed by atoms with Crippen LogP contribution >= 0.6 is 0 Å². The van der Waals surface area contributed by atoms with Crippen LogP contribution in [0.4, 0.5) is 17.6 Å². The van der Waals surface area contributed by atoms with Crippen LogP contribution in [0.15, 0.2) is 12.1 Å². The summed E-state index contributed by atoms with van der Waals surface area (Å²) >= 11 is 0. The zero-order chi connectivity index (χ0) is 11.6. The molecule has 0 aliphatic heterocycles. The standard InChI is InChI=1S/C9H6F4O2/c1-15-8-3-7(10)6(9(11,12)13)2-5(8)4-14/h2-4H,1H3. The van der Waals surface area contributed by atoms with E-state index in [4.69, 9.17) is 0 Å². The van der Waals surface area contributed by atoms with Crippen LogP contribution in [0.5, 0.6) is 5.75 Å². The fourth-order valence-electron chi connectivity index (χ4n) is 1.06. The van der Waals surface area contributed by atoms with Gasteiger partial charge in [0.2, 0.25) is 0 Å². The maximum atomic E-state index is 12.9. The third kappa shape index (κ3) is 2.26. The van der Waals surface area contributed by atoms with Crippen molar-refractivity contribution in [3.8, 4) is 5.75 Å². The second-order valence-corrected chi connectivity index (χ2v) is 2.69. The van der Waals surface area contributed by atoms with Gasteiger partial charge in [-0.1, -0.05) is 0 Å². The summed E-state index contributed by atoms with van der Waals surface area (Å²) in [5, 5.41) is 0. The van der Waals surface area contributed by atoms with Gasteiger partial charge in [-0.25, -0.2) is 4.39 Å². The molecule has 6 heteroatoms. The van der Waals surface area contributed by atoms with E-state index in [1.54, 1.807) is 0 Å². The quantitative estimate of drug-likeness (QED) is 0.568. The topological polar surface area (TPSA) is 26.3 Å². The molecule has 1 aromatic rings. The predicted molar refractivity (Wildman–Crippen MR) is 43.3 cm³/mol. The van der Waals surface area contributed by atoms with E-state index in [2.05, 4.69) is 4.74 Å². The van der Waals surface area contributed by atoms with Crippen molar-refractivity contribution >= 4 is 6.29 Å². The Morgan fingerprint density at radius 2 is 1.93 bits per heavy atom. The van der Waals surface area contributed by atoms with Crippen LogP contribution in [-0.2, 0) is 6.18 Å². The lowest BCUT2D eigenvalue weighted by atomic mass is 10.1. The van der Waals surface area contributed by atoms with E-state index in [0.717, 1.165) is 7.11 Å². The summed E-state index contributed by atoms with van der Waals surface area (Å²) in [6.45, 7) is 0. The van der Waals surface area contributed by atoms with Gasteiger partial charge in [-0.05, 0) is 6.07 Å². The maximum absolute atomic E-state index is 12.9. The Kier molecular flexibility index (Phi) is 2.97. The molecule has 82 valence electrons. The molecule has 0 fully saturated rings. The number of aldehydes is 1. The van der Waals surface area contributed by atoms with Gasteiger partial charge in [0.15, 0.2) is 6.29 Å². The second-order valence-electron chi connectivity index (χ2n) is 2.69. The Morgan fingerprint density at radius 1 is 1.33 bits per heavy atom. The van der Waals surface area contributed by atoms with Crippen molar-refractivity contribution in [1.82, 2.24) is 0 Å². The first kappa shape index (κ1) is 11.5. The van der Waals surface area contributed by atoms with Crippen LogP contribution in [0.1, 0.15) is 15.9 Å². The van der Waals surface area contributed by atoms with E-state index < -0.39 is 17.6 Å². The maximum Gasteiger partial charge on any atom is 0.419 e. The van der Waals surface area contributed by atoms with Crippen LogP contribution in [0.3, 0.4) is 0 Å². The number of alkyl halides is 3. The van der Waals surface area contributed by atoms with Gasteiger partial charge in [0.1, 0.15) is 11.6 Å². The van der Waals surface area contributed by atoms with E-state index in [1.165, 1.54) is 0 Å². The number of carbonyl (C=O) groups is 1. The zero-order valence-corrected chi connectivity index (χ0v) is 7.56. The van der Waals surface area contributed by atoms with Crippen LogP contribution in [-0.4, -0.2) is 13.4 Å². The minimum Gasteiger partial charge on any atom is -0.496 e. The molecule has 0 N–H and O–H groups in total. The molecule has 1 aromatic carbocycles. The van der Waals surface area contributed by atoms with Crippen LogP contribution in [0, 0.1) is 5.82 Å². The van der Waals surface area contributed by atoms with Crippen molar-refractivity contribution in [2.75, 3.05) is 7.11 Å². The number of benzene rings is 1. The largest absolute Gasteiger partial charge is 0.496 e. The van der Waals surface area contributed by atoms with E-state index in [1.807, 2.05) is 0 Å². The molecule has 1 rings (SSSR count). The van der Waals surface area contributed by atoms with Crippen LogP contribution in [0.2, 0.25) is 0 Å². The molecular formula is C9H6F4O2. The smallest absolute Gasteiger partial charge is 0.419 e. The highest BCUT2D eigenvalue weighted by molar-refractivity contribution is 5.79. The lowest BCUT2D eigenvalue weighted by Gasteiger charge is -2.10. The fraction of sp³-hybridized carbons (Fsp3) is 0.222. The summed E-state index contributed by atoms with van der Waals surface area (Å²) in [5.41, 5.74) is -1.82. The highest BCUT2D eigenvalue weighted by atomic mass is 19.4. The molecule has 0 saturated heterocycles. The Labute approximate surface area is 82.5 Å². The first-order valence-corrected chi connectivity index (χ1v) is 3.80. The minimum atomic E-state index is -4.83. The first-order valence-electron chi connectivity index (χ1n) is 3.80. The number of hydrogen-bond acceptors (Lipinski definition) is 2. The van der Waals surface area contributed by atoms with E-state index >= 15 is 0 Å². The Morgan fingerprint density at radius 3 is 2.33 bits per heavy atom. The SMILES string of the molecule is COc1cc(F)c(C(F)(F)F)cc1C=O. The summed E-state index contributed by atoms with van der Waals surface area (Å²) in [7, 11) is 1.13. The van der Waals surface area contributed by atoms with Gasteiger partial charge in [-0.2, -0.15) is 13.2 Å². The molecular weight excluding hydrogens is 216 g/mol. The molecule has 0 bridgehead atoms. The van der Waals surface area contributed by atoms with E-state index in [9.17, 15) is 22.4 Å². The van der Waals surface area contributed by atoms with Gasteiger partial charge in [-0.3, -0.25) is 4.79 Å². The van der Waals surface area contributed by atoms with Crippen LogP contribution < -0.4 is 4.74 Å². The van der Waals surface area contributed by atoms with Crippen molar-refractivity contribution in [2.45, 2.75) is 6.18 Å². The third-order valence-corrected chi connectivity index (χ3v) is 1.75. The van der Waals surface area contributed by atoms with E-state index in [-0.39, 0.29) is 17.6 Å². The summed E-state index contributed by atoms with van der Waals surface area (Å²) in [6.07, 6.45) is -4.65. The molecule has 0 aromatic heterocycles. The lowest BCUT2D eigenvalue weighted by molar-refractivity contribution is -0.140. The van der Waals surface area contributed by atoms with Crippen molar-refractivity contribution < 1.29 is 27.1 Å². The summed E-state index contributed by atoms with van der Waals surface area (Å²) < 4.78 is 54.1. The average molecular weight is 222 g/mol. The number of carbonyl (C=O) groups excluding carboxylic acids is 1. The molecule has 15 heavy (non-hydrogen) atoms. The molecule has 0 heterocycles. The number of halogens is 4. The number of rotatable bonds is 2. The van der Waals surface area contributed by atoms with Gasteiger partial charge in [0.25, 0.3) is 0 Å². The molecule has 0 radical (unpaired) electrons. The molecule has 0 aliphatic carbocycles. The monoisotopic (exact) mass is 222 g/mol. The molecule has 0 unspecified atom stereocenters. The minimum absolute atomic E-state index is 0.174. The molecule has 0 saturated carbocycles. The molecule has 0 amide bonds. The summed E-state index contributed by atoms with van der Waals surface area (Å²) in [6, 6.07) is 0.952. The Balaban J connectivity index is 3.39. The number of ether oxygens (including phenoxy) is 1. The van der Waals surface area contributed by atoms with Crippen molar-refractivity contribution in [3.63, 3.8) is 0 Å². The third-order valence-electron chi connectivity index (χ3n) is 1.75. The van der Waals surface area contributed by atoms with Gasteiger partial charge in [0, 0.05) is 6.07 Å². The average Bonchev–Trinajstić information content (AvgIpc) is 2.15. The number of hydrogen-bond donors (Lipinski definition) is 0. The second kappa shape index (κ2) is 3.88. The lowest BCUT2D eigenvalue weighted by Crippen LogP contribution is -2.09. The molecule has 0 atom stereocenters. The highest BCUT2D eigenvalue weighted by Gasteiger charge is 2.35. The first-order chi connectivity index (χ1) is 6.90. The normalized spacial score (nSPS) is 11.3. The number of methoxy groups -OCH3 is 1. The zero-order valence-electron chi connectivity index (χ0n) is 7.56. The van der Waals surface area contributed by atoms with Crippen molar-refractivity contribution in [1.29, 1.82) is 0 Å². The summed E-state index contributed by atoms with van der Waals surface area (Å²) in [5.74, 6) is -1.69. The van der Waals surface area contributed by atoms with Gasteiger partial charge >= 0.3 is 6.18 Å². The van der Waals surface area contributed by atoms with Crippen LogP contribution in [0.25, 0.3) is 0 Å². The predicted octanol–water partition coefficient (Wildman–Crippen LogP) is 2.67. The molecule has 0 aliphatic rings. The van der Waals surface area contributed by atoms with Gasteiger partial charge < -0.3 is 4.74 Å². The van der Waals surface area contributed by atoms with E-state index in [0.29, 0.717) is 12.1 Å². The summed E-state index contributed by atoms with van der Waals surface area (Å²) in [4.78, 5) is 10.4. The Hall–Kier alpha value is -1.59. The highest BCUT2D eigenvalue weighted by Crippen LogP contribution is 2.34.